The van der Waals surface area contributed by atoms with Crippen molar-refractivity contribution in [2.75, 3.05) is 17.3 Å². The predicted molar refractivity (Wildman–Crippen MR) is 102 cm³/mol. The van der Waals surface area contributed by atoms with Crippen molar-refractivity contribution in [3.63, 3.8) is 0 Å². The molecule has 25 heavy (non-hydrogen) atoms. The maximum absolute atomic E-state index is 13.2. The van der Waals surface area contributed by atoms with Gasteiger partial charge in [-0.2, -0.15) is 11.8 Å². The number of amides is 2. The lowest BCUT2D eigenvalue weighted by Crippen LogP contribution is -2.46. The predicted octanol–water partition coefficient (Wildman–Crippen LogP) is 4.24. The number of benzene rings is 1. The van der Waals surface area contributed by atoms with E-state index in [1.54, 1.807) is 11.8 Å². The van der Waals surface area contributed by atoms with E-state index in [0.29, 0.717) is 12.1 Å². The standard InChI is InChI=1S/C18H24ClFN2O2S/c1-25-10-9-16(22-17(23)12-5-3-2-4-6-12)18(24)21-13-7-8-15(20)14(19)11-13/h7-8,11-12,16H,2-6,9-10H2,1H3,(H,21,24)(H,22,23). The molecule has 1 atom stereocenters. The second kappa shape index (κ2) is 10.0. The van der Waals surface area contributed by atoms with E-state index >= 15 is 0 Å². The lowest BCUT2D eigenvalue weighted by atomic mass is 9.88. The summed E-state index contributed by atoms with van der Waals surface area (Å²) in [5.41, 5.74) is 0.414. The van der Waals surface area contributed by atoms with Gasteiger partial charge in [-0.15, -0.1) is 0 Å². The Hall–Kier alpha value is -1.27. The van der Waals surface area contributed by atoms with Gasteiger partial charge in [0, 0.05) is 11.6 Å². The minimum atomic E-state index is -0.606. The Labute approximate surface area is 157 Å². The van der Waals surface area contributed by atoms with Crippen LogP contribution in [0.1, 0.15) is 38.5 Å². The highest BCUT2D eigenvalue weighted by atomic mass is 35.5. The lowest BCUT2D eigenvalue weighted by molar-refractivity contribution is -0.130. The van der Waals surface area contributed by atoms with Crippen LogP contribution < -0.4 is 10.6 Å². The van der Waals surface area contributed by atoms with E-state index in [2.05, 4.69) is 10.6 Å². The molecule has 4 nitrogen and oxygen atoms in total. The first-order chi connectivity index (χ1) is 12.0. The SMILES string of the molecule is CSCCC(NC(=O)C1CCCCC1)C(=O)Nc1ccc(F)c(Cl)c1. The summed E-state index contributed by atoms with van der Waals surface area (Å²) in [7, 11) is 0. The van der Waals surface area contributed by atoms with E-state index in [1.165, 1.54) is 24.6 Å². The van der Waals surface area contributed by atoms with Crippen LogP contribution in [-0.4, -0.2) is 29.9 Å². The van der Waals surface area contributed by atoms with E-state index in [-0.39, 0.29) is 22.8 Å². The highest BCUT2D eigenvalue weighted by Crippen LogP contribution is 2.24. The third kappa shape index (κ3) is 6.19. The molecule has 1 unspecified atom stereocenters. The fourth-order valence-electron chi connectivity index (χ4n) is 2.96. The molecule has 1 fully saturated rings. The summed E-state index contributed by atoms with van der Waals surface area (Å²) in [6.45, 7) is 0. The van der Waals surface area contributed by atoms with Crippen molar-refractivity contribution in [3.8, 4) is 0 Å². The van der Waals surface area contributed by atoms with Crippen LogP contribution in [0.15, 0.2) is 18.2 Å². The molecule has 0 heterocycles. The van der Waals surface area contributed by atoms with Gasteiger partial charge in [-0.1, -0.05) is 30.9 Å². The first-order valence-electron chi connectivity index (χ1n) is 8.56. The minimum absolute atomic E-state index is 0.00130. The number of rotatable bonds is 7. The largest absolute Gasteiger partial charge is 0.344 e. The normalized spacial score (nSPS) is 16.3. The van der Waals surface area contributed by atoms with Gasteiger partial charge in [0.2, 0.25) is 11.8 Å². The second-order valence-electron chi connectivity index (χ2n) is 6.30. The number of thioether (sulfide) groups is 1. The Kier molecular flexibility index (Phi) is 8.03. The smallest absolute Gasteiger partial charge is 0.246 e. The van der Waals surface area contributed by atoms with Gasteiger partial charge in [-0.05, 0) is 49.5 Å². The van der Waals surface area contributed by atoms with Gasteiger partial charge in [0.25, 0.3) is 0 Å². The molecular formula is C18H24ClFN2O2S. The van der Waals surface area contributed by atoms with Crippen molar-refractivity contribution in [2.24, 2.45) is 5.92 Å². The molecule has 1 aromatic carbocycles. The number of hydrogen-bond donors (Lipinski definition) is 2. The summed E-state index contributed by atoms with van der Waals surface area (Å²) < 4.78 is 13.2. The molecule has 7 heteroatoms. The Morgan fingerprint density at radius 3 is 2.68 bits per heavy atom. The zero-order chi connectivity index (χ0) is 18.2. The van der Waals surface area contributed by atoms with Gasteiger partial charge in [-0.3, -0.25) is 9.59 Å². The van der Waals surface area contributed by atoms with Crippen LogP contribution in [0, 0.1) is 11.7 Å². The van der Waals surface area contributed by atoms with E-state index < -0.39 is 11.9 Å². The number of nitrogens with one attached hydrogen (secondary N) is 2. The van der Waals surface area contributed by atoms with E-state index in [1.807, 2.05) is 6.26 Å². The highest BCUT2D eigenvalue weighted by molar-refractivity contribution is 7.98. The van der Waals surface area contributed by atoms with Crippen LogP contribution in [0.25, 0.3) is 0 Å². The molecule has 1 aromatic rings. The molecule has 138 valence electrons. The molecular weight excluding hydrogens is 363 g/mol. The van der Waals surface area contributed by atoms with Gasteiger partial charge in [0.15, 0.2) is 0 Å². The van der Waals surface area contributed by atoms with Crippen molar-refractivity contribution in [3.05, 3.63) is 29.0 Å². The van der Waals surface area contributed by atoms with Crippen LogP contribution in [0.2, 0.25) is 5.02 Å². The van der Waals surface area contributed by atoms with Gasteiger partial charge in [-0.25, -0.2) is 4.39 Å². The Morgan fingerprint density at radius 2 is 2.04 bits per heavy atom. The molecule has 2 N–H and O–H groups in total. The number of carbonyl (C=O) groups is 2. The molecule has 0 aromatic heterocycles. The van der Waals surface area contributed by atoms with Crippen LogP contribution >= 0.6 is 23.4 Å². The Balaban J connectivity index is 2.00. The number of anilines is 1. The molecule has 2 rings (SSSR count). The Bertz CT molecular complexity index is 609. The van der Waals surface area contributed by atoms with Crippen molar-refractivity contribution >= 4 is 40.9 Å². The third-order valence-corrected chi connectivity index (χ3v) is 5.34. The maximum Gasteiger partial charge on any atom is 0.246 e. The summed E-state index contributed by atoms with van der Waals surface area (Å²) in [5.74, 6) is -0.130. The Morgan fingerprint density at radius 1 is 1.32 bits per heavy atom. The summed E-state index contributed by atoms with van der Waals surface area (Å²) >= 11 is 7.37. The molecule has 0 bridgehead atoms. The average molecular weight is 387 g/mol. The number of halogens is 2. The summed E-state index contributed by atoms with van der Waals surface area (Å²) in [5, 5.41) is 5.56. The van der Waals surface area contributed by atoms with Crippen molar-refractivity contribution in [2.45, 2.75) is 44.6 Å². The van der Waals surface area contributed by atoms with Crippen LogP contribution in [0.4, 0.5) is 10.1 Å². The van der Waals surface area contributed by atoms with Crippen molar-refractivity contribution in [1.29, 1.82) is 0 Å². The topological polar surface area (TPSA) is 58.2 Å². The summed E-state index contributed by atoms with van der Waals surface area (Å²) in [6.07, 6.45) is 7.57. The zero-order valence-corrected chi connectivity index (χ0v) is 15.9. The first kappa shape index (κ1) is 20.0. The van der Waals surface area contributed by atoms with Gasteiger partial charge in [0.05, 0.1) is 5.02 Å². The second-order valence-corrected chi connectivity index (χ2v) is 7.69. The molecule has 0 radical (unpaired) electrons. The molecule has 1 aliphatic carbocycles. The van der Waals surface area contributed by atoms with Crippen molar-refractivity contribution in [1.82, 2.24) is 5.32 Å². The fraction of sp³-hybridized carbons (Fsp3) is 0.556. The minimum Gasteiger partial charge on any atom is -0.344 e. The van der Waals surface area contributed by atoms with Crippen LogP contribution in [0.5, 0.6) is 0 Å². The number of hydrogen-bond acceptors (Lipinski definition) is 3. The lowest BCUT2D eigenvalue weighted by Gasteiger charge is -2.24. The van der Waals surface area contributed by atoms with E-state index in [0.717, 1.165) is 31.4 Å². The molecule has 1 saturated carbocycles. The van der Waals surface area contributed by atoms with Crippen LogP contribution in [0.3, 0.4) is 0 Å². The summed E-state index contributed by atoms with van der Waals surface area (Å²) in [6, 6.07) is 3.41. The molecule has 2 amide bonds. The van der Waals surface area contributed by atoms with Gasteiger partial charge >= 0.3 is 0 Å². The molecule has 0 aliphatic heterocycles. The fourth-order valence-corrected chi connectivity index (χ4v) is 3.61. The average Bonchev–Trinajstić information content (AvgIpc) is 2.62. The third-order valence-electron chi connectivity index (χ3n) is 4.41. The van der Waals surface area contributed by atoms with E-state index in [9.17, 15) is 14.0 Å². The number of carbonyl (C=O) groups excluding carboxylic acids is 2. The van der Waals surface area contributed by atoms with E-state index in [4.69, 9.17) is 11.6 Å². The first-order valence-corrected chi connectivity index (χ1v) is 10.3. The van der Waals surface area contributed by atoms with Gasteiger partial charge in [0.1, 0.15) is 11.9 Å². The van der Waals surface area contributed by atoms with Crippen molar-refractivity contribution < 1.29 is 14.0 Å². The van der Waals surface area contributed by atoms with Gasteiger partial charge < -0.3 is 10.6 Å². The molecule has 1 aliphatic rings. The quantitative estimate of drug-likeness (QED) is 0.737. The maximum atomic E-state index is 13.2. The molecule has 0 spiro atoms. The summed E-state index contributed by atoms with van der Waals surface area (Å²) in [4.78, 5) is 25.0. The molecule has 0 saturated heterocycles. The monoisotopic (exact) mass is 386 g/mol. The van der Waals surface area contributed by atoms with Crippen LogP contribution in [-0.2, 0) is 9.59 Å². The highest BCUT2D eigenvalue weighted by Gasteiger charge is 2.26. The zero-order valence-electron chi connectivity index (χ0n) is 14.3.